The maximum atomic E-state index is 11.3. The average Bonchev–Trinajstić information content (AvgIpc) is 2.66. The normalized spacial score (nSPS) is 11.2. The van der Waals surface area contributed by atoms with Crippen LogP contribution in [0.5, 0.6) is 0 Å². The van der Waals surface area contributed by atoms with E-state index in [9.17, 15) is 4.79 Å². The molecular weight excluding hydrogens is 208 g/mol. The first-order valence-electron chi connectivity index (χ1n) is 5.39. The number of carbonyl (C=O) groups excluding carboxylic acids is 1. The second-order valence-corrected chi connectivity index (χ2v) is 4.12. The van der Waals surface area contributed by atoms with Gasteiger partial charge >= 0.3 is 5.97 Å². The molecule has 90 valence electrons. The van der Waals surface area contributed by atoms with Crippen molar-refractivity contribution in [1.29, 1.82) is 0 Å². The first-order valence-corrected chi connectivity index (χ1v) is 5.39. The van der Waals surface area contributed by atoms with Gasteiger partial charge in [0.25, 0.3) is 6.01 Å². The van der Waals surface area contributed by atoms with E-state index >= 15 is 0 Å². The van der Waals surface area contributed by atoms with Crippen molar-refractivity contribution in [2.24, 2.45) is 0 Å². The fourth-order valence-corrected chi connectivity index (χ4v) is 1.01. The van der Waals surface area contributed by atoms with Crippen molar-refractivity contribution < 1.29 is 13.9 Å². The monoisotopic (exact) mass is 226 g/mol. The molecule has 0 saturated heterocycles. The molecule has 1 aromatic rings. The Kier molecular flexibility index (Phi) is 3.93. The predicted molar refractivity (Wildman–Crippen MR) is 60.5 cm³/mol. The van der Waals surface area contributed by atoms with E-state index in [0.717, 1.165) is 6.42 Å². The van der Waals surface area contributed by atoms with E-state index in [0.29, 0.717) is 12.6 Å². The molecule has 5 nitrogen and oxygen atoms in total. The quantitative estimate of drug-likeness (QED) is 0.781. The van der Waals surface area contributed by atoms with Crippen LogP contribution >= 0.6 is 0 Å². The third-order valence-electron chi connectivity index (χ3n) is 2.32. The summed E-state index contributed by atoms with van der Waals surface area (Å²) < 4.78 is 9.96. The van der Waals surface area contributed by atoms with Gasteiger partial charge in [-0.05, 0) is 27.2 Å². The molecule has 1 rings (SSSR count). The molecule has 0 unspecified atom stereocenters. The third kappa shape index (κ3) is 3.25. The van der Waals surface area contributed by atoms with Crippen molar-refractivity contribution in [3.63, 3.8) is 0 Å². The summed E-state index contributed by atoms with van der Waals surface area (Å²) >= 11 is 0. The number of carbonyl (C=O) groups is 1. The zero-order chi connectivity index (χ0) is 12.2. The molecule has 1 aromatic heterocycles. The highest BCUT2D eigenvalue weighted by molar-refractivity contribution is 5.87. The SMILES string of the molecule is CCOC(=O)c1coc(NC(C)(C)CC)n1. The van der Waals surface area contributed by atoms with Crippen LogP contribution in [-0.2, 0) is 4.74 Å². The Balaban J connectivity index is 2.68. The number of nitrogens with one attached hydrogen (secondary N) is 1. The largest absolute Gasteiger partial charge is 0.461 e. The lowest BCUT2D eigenvalue weighted by molar-refractivity contribution is 0.0519. The molecule has 0 aliphatic heterocycles. The molecule has 0 fully saturated rings. The van der Waals surface area contributed by atoms with E-state index < -0.39 is 5.97 Å². The van der Waals surface area contributed by atoms with Crippen LogP contribution < -0.4 is 5.32 Å². The van der Waals surface area contributed by atoms with Gasteiger partial charge in [-0.2, -0.15) is 4.98 Å². The van der Waals surface area contributed by atoms with Gasteiger partial charge in [0.05, 0.1) is 6.61 Å². The van der Waals surface area contributed by atoms with Crippen LogP contribution in [0.15, 0.2) is 10.7 Å². The van der Waals surface area contributed by atoms with E-state index in [2.05, 4.69) is 17.2 Å². The molecule has 0 bridgehead atoms. The minimum absolute atomic E-state index is 0.114. The van der Waals surface area contributed by atoms with Gasteiger partial charge in [-0.15, -0.1) is 0 Å². The van der Waals surface area contributed by atoms with Gasteiger partial charge in [0.15, 0.2) is 5.69 Å². The number of esters is 1. The fraction of sp³-hybridized carbons (Fsp3) is 0.636. The smallest absolute Gasteiger partial charge is 0.360 e. The van der Waals surface area contributed by atoms with Gasteiger partial charge in [0.2, 0.25) is 0 Å². The van der Waals surface area contributed by atoms with Crippen LogP contribution in [0.2, 0.25) is 0 Å². The standard InChI is InChI=1S/C11H18N2O3/c1-5-11(3,4)13-10-12-8(7-16-10)9(14)15-6-2/h7H,5-6H2,1-4H3,(H,12,13). The Labute approximate surface area is 95.2 Å². The summed E-state index contributed by atoms with van der Waals surface area (Å²) in [5.41, 5.74) is 0.0767. The van der Waals surface area contributed by atoms with Crippen molar-refractivity contribution in [2.45, 2.75) is 39.7 Å². The van der Waals surface area contributed by atoms with Crippen molar-refractivity contribution >= 4 is 12.0 Å². The summed E-state index contributed by atoms with van der Waals surface area (Å²) in [5.74, 6) is -0.464. The number of hydrogen-bond donors (Lipinski definition) is 1. The fourth-order valence-electron chi connectivity index (χ4n) is 1.01. The van der Waals surface area contributed by atoms with Crippen LogP contribution in [0.1, 0.15) is 44.6 Å². The molecule has 0 spiro atoms. The second-order valence-electron chi connectivity index (χ2n) is 4.12. The lowest BCUT2D eigenvalue weighted by atomic mass is 10.0. The van der Waals surface area contributed by atoms with Gasteiger partial charge in [0, 0.05) is 5.54 Å². The summed E-state index contributed by atoms with van der Waals surface area (Å²) in [6.07, 6.45) is 2.22. The maximum Gasteiger partial charge on any atom is 0.360 e. The van der Waals surface area contributed by atoms with E-state index in [1.54, 1.807) is 6.92 Å². The highest BCUT2D eigenvalue weighted by Crippen LogP contribution is 2.17. The highest BCUT2D eigenvalue weighted by Gasteiger charge is 2.19. The van der Waals surface area contributed by atoms with Crippen LogP contribution in [0.4, 0.5) is 6.01 Å². The van der Waals surface area contributed by atoms with Crippen LogP contribution in [0, 0.1) is 0 Å². The zero-order valence-electron chi connectivity index (χ0n) is 10.2. The lowest BCUT2D eigenvalue weighted by Crippen LogP contribution is -2.29. The highest BCUT2D eigenvalue weighted by atomic mass is 16.5. The summed E-state index contributed by atoms with van der Waals surface area (Å²) in [4.78, 5) is 15.3. The summed E-state index contributed by atoms with van der Waals surface area (Å²) in [6.45, 7) is 8.19. The van der Waals surface area contributed by atoms with Gasteiger partial charge in [-0.25, -0.2) is 4.79 Å². The van der Waals surface area contributed by atoms with Crippen LogP contribution in [-0.4, -0.2) is 23.1 Å². The molecule has 16 heavy (non-hydrogen) atoms. The number of anilines is 1. The van der Waals surface area contributed by atoms with Gasteiger partial charge < -0.3 is 14.5 Å². The number of aromatic nitrogens is 1. The summed E-state index contributed by atoms with van der Waals surface area (Å²) in [5, 5.41) is 3.10. The molecule has 0 aliphatic rings. The molecule has 0 atom stereocenters. The maximum absolute atomic E-state index is 11.3. The molecular formula is C11H18N2O3. The van der Waals surface area contributed by atoms with Crippen molar-refractivity contribution in [3.05, 3.63) is 12.0 Å². The molecule has 0 radical (unpaired) electrons. The molecule has 1 heterocycles. The number of oxazole rings is 1. The van der Waals surface area contributed by atoms with E-state index in [1.165, 1.54) is 6.26 Å². The predicted octanol–water partition coefficient (Wildman–Crippen LogP) is 2.45. The third-order valence-corrected chi connectivity index (χ3v) is 2.32. The minimum atomic E-state index is -0.464. The molecule has 1 N–H and O–H groups in total. The van der Waals surface area contributed by atoms with E-state index in [4.69, 9.17) is 9.15 Å². The summed E-state index contributed by atoms with van der Waals surface area (Å²) in [7, 11) is 0. The first kappa shape index (κ1) is 12.5. The molecule has 0 aliphatic carbocycles. The Bertz CT molecular complexity index is 358. The first-order chi connectivity index (χ1) is 7.48. The van der Waals surface area contributed by atoms with Gasteiger partial charge in [0.1, 0.15) is 6.26 Å². The molecule has 5 heteroatoms. The molecule has 0 amide bonds. The molecule has 0 aromatic carbocycles. The minimum Gasteiger partial charge on any atom is -0.461 e. The number of hydrogen-bond acceptors (Lipinski definition) is 5. The van der Waals surface area contributed by atoms with Crippen LogP contribution in [0.3, 0.4) is 0 Å². The average molecular weight is 226 g/mol. The van der Waals surface area contributed by atoms with Crippen LogP contribution in [0.25, 0.3) is 0 Å². The number of nitrogens with zero attached hydrogens (tertiary/aromatic N) is 1. The Morgan fingerprint density at radius 1 is 1.56 bits per heavy atom. The second kappa shape index (κ2) is 5.01. The van der Waals surface area contributed by atoms with Crippen molar-refractivity contribution in [3.8, 4) is 0 Å². The Morgan fingerprint density at radius 3 is 2.81 bits per heavy atom. The van der Waals surface area contributed by atoms with Crippen molar-refractivity contribution in [1.82, 2.24) is 4.98 Å². The van der Waals surface area contributed by atoms with Crippen molar-refractivity contribution in [2.75, 3.05) is 11.9 Å². The van der Waals surface area contributed by atoms with Gasteiger partial charge in [-0.3, -0.25) is 0 Å². The van der Waals surface area contributed by atoms with E-state index in [-0.39, 0.29) is 11.2 Å². The van der Waals surface area contributed by atoms with E-state index in [1.807, 2.05) is 13.8 Å². The zero-order valence-corrected chi connectivity index (χ0v) is 10.2. The Hall–Kier alpha value is -1.52. The Morgan fingerprint density at radius 2 is 2.25 bits per heavy atom. The topological polar surface area (TPSA) is 64.4 Å². The number of rotatable bonds is 5. The lowest BCUT2D eigenvalue weighted by Gasteiger charge is -2.22. The summed E-state index contributed by atoms with van der Waals surface area (Å²) in [6, 6.07) is 0.343. The molecule has 0 saturated carbocycles. The van der Waals surface area contributed by atoms with Gasteiger partial charge in [-0.1, -0.05) is 6.92 Å². The number of ether oxygens (including phenoxy) is 1.